The number of ether oxygens (including phenoxy) is 1. The minimum absolute atomic E-state index is 0.121. The summed E-state index contributed by atoms with van der Waals surface area (Å²) in [6, 6.07) is 5.20. The highest BCUT2D eigenvalue weighted by Crippen LogP contribution is 2.36. The molecular formula is C21H29Cl2N3O4. The van der Waals surface area contributed by atoms with Crippen molar-refractivity contribution in [2.24, 2.45) is 5.41 Å². The largest absolute Gasteiger partial charge is 0.465 e. The van der Waals surface area contributed by atoms with E-state index in [2.05, 4.69) is 5.32 Å². The van der Waals surface area contributed by atoms with Gasteiger partial charge in [0.25, 0.3) is 0 Å². The Labute approximate surface area is 187 Å². The van der Waals surface area contributed by atoms with Crippen LogP contribution in [0.15, 0.2) is 18.2 Å². The van der Waals surface area contributed by atoms with Crippen LogP contribution in [0.4, 0.5) is 9.59 Å². The highest BCUT2D eigenvalue weighted by Gasteiger charge is 2.41. The summed E-state index contributed by atoms with van der Waals surface area (Å²) < 4.78 is 6.54. The van der Waals surface area contributed by atoms with Gasteiger partial charge in [0.1, 0.15) is 0 Å². The zero-order valence-corrected chi connectivity index (χ0v) is 19.0. The van der Waals surface area contributed by atoms with Crippen LogP contribution in [-0.4, -0.2) is 72.0 Å². The Kier molecular flexibility index (Phi) is 7.05. The first-order chi connectivity index (χ1) is 14.1. The summed E-state index contributed by atoms with van der Waals surface area (Å²) in [5.41, 5.74) is 0.565. The Morgan fingerprint density at radius 3 is 2.60 bits per heavy atom. The van der Waals surface area contributed by atoms with Gasteiger partial charge in [-0.1, -0.05) is 50.0 Å². The van der Waals surface area contributed by atoms with Crippen LogP contribution in [0, 0.1) is 5.41 Å². The van der Waals surface area contributed by atoms with Crippen molar-refractivity contribution in [1.82, 2.24) is 15.1 Å². The molecule has 0 saturated carbocycles. The SMILES string of the molecule is CC(C)(C)C1CN(C(=O)O)C[C@@H](c2ccc(Cl)c(Cl)c2)[C@@H](CN2CCCNC2=O)O1. The lowest BCUT2D eigenvalue weighted by Gasteiger charge is -2.37. The van der Waals surface area contributed by atoms with E-state index in [1.165, 1.54) is 4.90 Å². The van der Waals surface area contributed by atoms with Gasteiger partial charge < -0.3 is 25.0 Å². The lowest BCUT2D eigenvalue weighted by atomic mass is 9.88. The van der Waals surface area contributed by atoms with E-state index < -0.39 is 6.09 Å². The van der Waals surface area contributed by atoms with Gasteiger partial charge in [-0.3, -0.25) is 0 Å². The molecule has 3 atom stereocenters. The van der Waals surface area contributed by atoms with Crippen LogP contribution in [0.25, 0.3) is 0 Å². The monoisotopic (exact) mass is 457 g/mol. The first-order valence-corrected chi connectivity index (χ1v) is 10.9. The third kappa shape index (κ3) is 5.31. The molecule has 0 spiro atoms. The normalized spacial score (nSPS) is 25.6. The summed E-state index contributed by atoms with van der Waals surface area (Å²) in [6.07, 6.45) is -0.840. The summed E-state index contributed by atoms with van der Waals surface area (Å²) in [4.78, 5) is 27.5. The number of carbonyl (C=O) groups is 2. The minimum atomic E-state index is -0.991. The van der Waals surface area contributed by atoms with Gasteiger partial charge in [-0.25, -0.2) is 9.59 Å². The number of carboxylic acid groups (broad SMARTS) is 1. The molecule has 2 N–H and O–H groups in total. The highest BCUT2D eigenvalue weighted by molar-refractivity contribution is 6.42. The third-order valence-corrected chi connectivity index (χ3v) is 6.51. The number of halogens is 2. The molecule has 166 valence electrons. The van der Waals surface area contributed by atoms with E-state index in [0.29, 0.717) is 29.7 Å². The third-order valence-electron chi connectivity index (χ3n) is 5.77. The number of rotatable bonds is 3. The Bertz CT molecular complexity index is 799. The molecule has 2 heterocycles. The van der Waals surface area contributed by atoms with Gasteiger partial charge in [-0.2, -0.15) is 0 Å². The average molecular weight is 458 g/mol. The van der Waals surface area contributed by atoms with Crippen LogP contribution in [0.1, 0.15) is 38.7 Å². The van der Waals surface area contributed by atoms with Crippen LogP contribution < -0.4 is 5.32 Å². The van der Waals surface area contributed by atoms with Crippen LogP contribution in [0.2, 0.25) is 10.0 Å². The Hall–Kier alpha value is -1.70. The predicted molar refractivity (Wildman–Crippen MR) is 117 cm³/mol. The Morgan fingerprint density at radius 1 is 1.27 bits per heavy atom. The summed E-state index contributed by atoms with van der Waals surface area (Å²) in [7, 11) is 0. The molecule has 3 amide bonds. The molecule has 30 heavy (non-hydrogen) atoms. The number of benzene rings is 1. The van der Waals surface area contributed by atoms with Crippen molar-refractivity contribution in [3.8, 4) is 0 Å². The van der Waals surface area contributed by atoms with E-state index in [9.17, 15) is 14.7 Å². The molecule has 1 aromatic carbocycles. The average Bonchev–Trinajstić information content (AvgIpc) is 2.86. The summed E-state index contributed by atoms with van der Waals surface area (Å²) >= 11 is 12.4. The zero-order chi connectivity index (χ0) is 22.1. The lowest BCUT2D eigenvalue weighted by Crippen LogP contribution is -2.51. The summed E-state index contributed by atoms with van der Waals surface area (Å²) in [6.45, 7) is 8.28. The van der Waals surface area contributed by atoms with Gasteiger partial charge >= 0.3 is 12.1 Å². The summed E-state index contributed by atoms with van der Waals surface area (Å²) in [5, 5.41) is 13.5. The molecule has 0 radical (unpaired) electrons. The van der Waals surface area contributed by atoms with Gasteiger partial charge in [-0.15, -0.1) is 0 Å². The Balaban J connectivity index is 1.99. The standard InChI is InChI=1S/C21H29Cl2N3O4/c1-21(2,3)18-12-26(20(28)29)10-14(13-5-6-15(22)16(23)9-13)17(30-18)11-25-8-4-7-24-19(25)27/h5-6,9,14,17-18H,4,7-8,10-12H2,1-3H3,(H,24,27)(H,28,29)/t14-,17+,18?/m0/s1. The fourth-order valence-corrected chi connectivity index (χ4v) is 4.22. The number of hydrogen-bond donors (Lipinski definition) is 2. The number of nitrogens with zero attached hydrogens (tertiary/aromatic N) is 2. The molecule has 1 unspecified atom stereocenters. The first-order valence-electron chi connectivity index (χ1n) is 10.2. The second-order valence-electron chi connectivity index (χ2n) is 9.03. The van der Waals surface area contributed by atoms with Gasteiger partial charge in [0, 0.05) is 32.1 Å². The second kappa shape index (κ2) is 9.20. The fourth-order valence-electron chi connectivity index (χ4n) is 3.92. The van der Waals surface area contributed by atoms with E-state index in [0.717, 1.165) is 12.0 Å². The van der Waals surface area contributed by atoms with Crippen LogP contribution in [0.3, 0.4) is 0 Å². The number of hydrogen-bond acceptors (Lipinski definition) is 3. The molecular weight excluding hydrogens is 429 g/mol. The van der Waals surface area contributed by atoms with Gasteiger partial charge in [0.15, 0.2) is 0 Å². The second-order valence-corrected chi connectivity index (χ2v) is 9.84. The maximum Gasteiger partial charge on any atom is 0.407 e. The Morgan fingerprint density at radius 2 is 2.00 bits per heavy atom. The molecule has 2 aliphatic heterocycles. The number of nitrogens with one attached hydrogen (secondary N) is 1. The lowest BCUT2D eigenvalue weighted by molar-refractivity contribution is -0.0731. The molecule has 0 bridgehead atoms. The molecule has 0 aliphatic carbocycles. The molecule has 2 aliphatic rings. The van der Waals surface area contributed by atoms with Crippen LogP contribution in [-0.2, 0) is 4.74 Å². The highest BCUT2D eigenvalue weighted by atomic mass is 35.5. The predicted octanol–water partition coefficient (Wildman–Crippen LogP) is 4.29. The number of carbonyl (C=O) groups excluding carboxylic acids is 1. The molecule has 1 aromatic rings. The van der Waals surface area contributed by atoms with E-state index >= 15 is 0 Å². The maximum absolute atomic E-state index is 12.4. The maximum atomic E-state index is 12.4. The van der Waals surface area contributed by atoms with E-state index in [1.54, 1.807) is 17.0 Å². The fraction of sp³-hybridized carbons (Fsp3) is 0.619. The van der Waals surface area contributed by atoms with Crippen molar-refractivity contribution < 1.29 is 19.4 Å². The number of urea groups is 1. The zero-order valence-electron chi connectivity index (χ0n) is 17.5. The summed E-state index contributed by atoms with van der Waals surface area (Å²) in [5.74, 6) is -0.294. The van der Waals surface area contributed by atoms with Gasteiger partial charge in [-0.05, 0) is 29.5 Å². The van der Waals surface area contributed by atoms with E-state index in [-0.39, 0.29) is 42.7 Å². The molecule has 2 saturated heterocycles. The van der Waals surface area contributed by atoms with Crippen molar-refractivity contribution in [3.05, 3.63) is 33.8 Å². The van der Waals surface area contributed by atoms with Crippen molar-refractivity contribution in [3.63, 3.8) is 0 Å². The number of amides is 3. The van der Waals surface area contributed by atoms with Gasteiger partial charge in [0.2, 0.25) is 0 Å². The van der Waals surface area contributed by atoms with E-state index in [4.69, 9.17) is 27.9 Å². The van der Waals surface area contributed by atoms with Gasteiger partial charge in [0.05, 0.1) is 28.8 Å². The van der Waals surface area contributed by atoms with E-state index in [1.807, 2.05) is 26.8 Å². The van der Waals surface area contributed by atoms with Crippen LogP contribution in [0.5, 0.6) is 0 Å². The van der Waals surface area contributed by atoms with Crippen molar-refractivity contribution in [1.29, 1.82) is 0 Å². The quantitative estimate of drug-likeness (QED) is 0.708. The van der Waals surface area contributed by atoms with Crippen LogP contribution >= 0.6 is 23.2 Å². The molecule has 0 aromatic heterocycles. The molecule has 7 nitrogen and oxygen atoms in total. The smallest absolute Gasteiger partial charge is 0.407 e. The minimum Gasteiger partial charge on any atom is -0.465 e. The topological polar surface area (TPSA) is 82.1 Å². The molecule has 2 fully saturated rings. The van der Waals surface area contributed by atoms with Crippen molar-refractivity contribution in [2.75, 3.05) is 32.7 Å². The molecule has 9 heteroatoms. The molecule has 3 rings (SSSR count). The van der Waals surface area contributed by atoms with Crippen molar-refractivity contribution in [2.45, 2.75) is 45.3 Å². The first kappa shape index (κ1) is 23.0. The van der Waals surface area contributed by atoms with Crippen molar-refractivity contribution >= 4 is 35.3 Å².